The summed E-state index contributed by atoms with van der Waals surface area (Å²) in [5, 5.41) is 5.65. The second-order valence-electron chi connectivity index (χ2n) is 7.56. The van der Waals surface area contributed by atoms with E-state index in [4.69, 9.17) is 14.2 Å². The summed E-state index contributed by atoms with van der Waals surface area (Å²) in [5.41, 5.74) is 2.93. The highest BCUT2D eigenvalue weighted by Gasteiger charge is 2.36. The fourth-order valence-corrected chi connectivity index (χ4v) is 3.86. The molecular weight excluding hydrogens is 432 g/mol. The minimum Gasteiger partial charge on any atom is -0.493 e. The number of para-hydroxylation sites is 1. The normalized spacial score (nSPS) is 15.2. The lowest BCUT2D eigenvalue weighted by atomic mass is 9.92. The first-order valence-corrected chi connectivity index (χ1v) is 11.0. The number of rotatable bonds is 8. The lowest BCUT2D eigenvalue weighted by Gasteiger charge is -2.30. The van der Waals surface area contributed by atoms with Crippen molar-refractivity contribution in [3.05, 3.63) is 101 Å². The Morgan fingerprint density at radius 2 is 1.65 bits per heavy atom. The first kappa shape index (κ1) is 22.9. The molecule has 0 aromatic heterocycles. The second kappa shape index (κ2) is 10.6. The van der Waals surface area contributed by atoms with E-state index in [-0.39, 0.29) is 18.8 Å². The number of hydrogen-bond donors (Lipinski definition) is 2. The van der Waals surface area contributed by atoms with Crippen LogP contribution in [0.2, 0.25) is 0 Å². The molecular formula is C27H26N2O5. The summed E-state index contributed by atoms with van der Waals surface area (Å²) in [7, 11) is 1.55. The first-order valence-electron chi connectivity index (χ1n) is 11.0. The van der Waals surface area contributed by atoms with Gasteiger partial charge in [-0.15, -0.1) is 0 Å². The molecule has 7 nitrogen and oxygen atoms in total. The Hall–Kier alpha value is -4.26. The SMILES string of the molecule is CCOC(=O)C1=C(c2ccccc2)NC(=O)N[C@H]1c1cccc(OC)c1OCc1ccccc1. The van der Waals surface area contributed by atoms with Crippen molar-refractivity contribution in [2.45, 2.75) is 19.6 Å². The fourth-order valence-electron chi connectivity index (χ4n) is 3.86. The van der Waals surface area contributed by atoms with Crippen molar-refractivity contribution >= 4 is 17.7 Å². The van der Waals surface area contributed by atoms with Gasteiger partial charge in [0.2, 0.25) is 0 Å². The topological polar surface area (TPSA) is 85.9 Å². The number of methoxy groups -OCH3 is 1. The minimum atomic E-state index is -0.816. The molecule has 0 saturated heterocycles. The smallest absolute Gasteiger partial charge is 0.338 e. The van der Waals surface area contributed by atoms with E-state index in [0.29, 0.717) is 28.3 Å². The predicted molar refractivity (Wildman–Crippen MR) is 128 cm³/mol. The van der Waals surface area contributed by atoms with Crippen molar-refractivity contribution in [3.8, 4) is 11.5 Å². The van der Waals surface area contributed by atoms with Gasteiger partial charge in [0.1, 0.15) is 6.61 Å². The van der Waals surface area contributed by atoms with Crippen molar-refractivity contribution in [2.24, 2.45) is 0 Å². The van der Waals surface area contributed by atoms with E-state index in [1.165, 1.54) is 0 Å². The largest absolute Gasteiger partial charge is 0.493 e. The summed E-state index contributed by atoms with van der Waals surface area (Å²) in [6, 6.07) is 23.0. The van der Waals surface area contributed by atoms with Gasteiger partial charge in [-0.1, -0.05) is 72.8 Å². The molecule has 0 radical (unpaired) electrons. The Morgan fingerprint density at radius 1 is 0.941 bits per heavy atom. The molecule has 2 amide bonds. The molecule has 0 bridgehead atoms. The zero-order valence-electron chi connectivity index (χ0n) is 19.0. The lowest BCUT2D eigenvalue weighted by Crippen LogP contribution is -2.45. The molecule has 0 aliphatic carbocycles. The third-order valence-electron chi connectivity index (χ3n) is 5.40. The van der Waals surface area contributed by atoms with Gasteiger partial charge in [-0.2, -0.15) is 0 Å². The van der Waals surface area contributed by atoms with Crippen LogP contribution in [0, 0.1) is 0 Å². The van der Waals surface area contributed by atoms with E-state index < -0.39 is 18.0 Å². The van der Waals surface area contributed by atoms with Crippen molar-refractivity contribution in [1.29, 1.82) is 0 Å². The van der Waals surface area contributed by atoms with E-state index in [2.05, 4.69) is 10.6 Å². The monoisotopic (exact) mass is 458 g/mol. The fraction of sp³-hybridized carbons (Fsp3) is 0.185. The molecule has 3 aromatic rings. The summed E-state index contributed by atoms with van der Waals surface area (Å²) in [6.07, 6.45) is 0. The average molecular weight is 459 g/mol. The van der Waals surface area contributed by atoms with Crippen LogP contribution in [0.1, 0.15) is 29.7 Å². The Morgan fingerprint density at radius 3 is 2.32 bits per heavy atom. The van der Waals surface area contributed by atoms with Gasteiger partial charge < -0.3 is 24.8 Å². The Bertz CT molecular complexity index is 1190. The van der Waals surface area contributed by atoms with Gasteiger partial charge in [0, 0.05) is 5.56 Å². The molecule has 0 unspecified atom stereocenters. The van der Waals surface area contributed by atoms with Crippen LogP contribution in [0.25, 0.3) is 5.70 Å². The average Bonchev–Trinajstić information content (AvgIpc) is 2.88. The van der Waals surface area contributed by atoms with Crippen LogP contribution in [0.15, 0.2) is 84.4 Å². The second-order valence-corrected chi connectivity index (χ2v) is 7.56. The van der Waals surface area contributed by atoms with Crippen molar-refractivity contribution in [2.75, 3.05) is 13.7 Å². The lowest BCUT2D eigenvalue weighted by molar-refractivity contribution is -0.138. The van der Waals surface area contributed by atoms with Crippen molar-refractivity contribution in [3.63, 3.8) is 0 Å². The third-order valence-corrected chi connectivity index (χ3v) is 5.40. The number of amides is 2. The van der Waals surface area contributed by atoms with Gasteiger partial charge in [0.25, 0.3) is 0 Å². The van der Waals surface area contributed by atoms with Crippen LogP contribution in [0.5, 0.6) is 11.5 Å². The first-order chi connectivity index (χ1) is 16.6. The number of ether oxygens (including phenoxy) is 3. The summed E-state index contributed by atoms with van der Waals surface area (Å²) in [6.45, 7) is 2.22. The molecule has 4 rings (SSSR count). The Labute approximate surface area is 198 Å². The summed E-state index contributed by atoms with van der Waals surface area (Å²) in [4.78, 5) is 25.9. The molecule has 1 aliphatic rings. The predicted octanol–water partition coefficient (Wildman–Crippen LogP) is 4.60. The molecule has 1 aliphatic heterocycles. The van der Waals surface area contributed by atoms with Crippen molar-refractivity contribution in [1.82, 2.24) is 10.6 Å². The number of nitrogens with one attached hydrogen (secondary N) is 2. The summed E-state index contributed by atoms with van der Waals surface area (Å²) < 4.78 is 17.1. The van der Waals surface area contributed by atoms with Crippen LogP contribution >= 0.6 is 0 Å². The highest BCUT2D eigenvalue weighted by Crippen LogP contribution is 2.41. The van der Waals surface area contributed by atoms with Crippen molar-refractivity contribution < 1.29 is 23.8 Å². The standard InChI is InChI=1S/C27H26N2O5/c1-3-33-26(30)22-23(19-13-8-5-9-14-19)28-27(31)29-24(22)20-15-10-16-21(32-2)25(20)34-17-18-11-6-4-7-12-18/h4-16,24H,3,17H2,1-2H3,(H2,28,29,31)/t24-/m0/s1. The van der Waals surface area contributed by atoms with Crippen LogP contribution < -0.4 is 20.1 Å². The highest BCUT2D eigenvalue weighted by molar-refractivity contribution is 6.04. The van der Waals surface area contributed by atoms with Gasteiger partial charge >= 0.3 is 12.0 Å². The number of urea groups is 1. The van der Waals surface area contributed by atoms with Crippen LogP contribution in [0.3, 0.4) is 0 Å². The Kier molecular flexibility index (Phi) is 7.13. The number of carbonyl (C=O) groups excluding carboxylic acids is 2. The van der Waals surface area contributed by atoms with E-state index in [1.54, 1.807) is 32.2 Å². The molecule has 2 N–H and O–H groups in total. The maximum Gasteiger partial charge on any atom is 0.338 e. The number of carbonyl (C=O) groups is 2. The Balaban J connectivity index is 1.84. The van der Waals surface area contributed by atoms with Gasteiger partial charge in [0.05, 0.1) is 31.0 Å². The van der Waals surface area contributed by atoms with Gasteiger partial charge in [-0.05, 0) is 24.1 Å². The van der Waals surface area contributed by atoms with E-state index in [1.807, 2.05) is 60.7 Å². The summed E-state index contributed by atoms with van der Waals surface area (Å²) >= 11 is 0. The number of hydrogen-bond acceptors (Lipinski definition) is 5. The molecule has 1 heterocycles. The van der Waals surface area contributed by atoms with Gasteiger partial charge in [-0.3, -0.25) is 0 Å². The number of esters is 1. The maximum absolute atomic E-state index is 13.2. The van der Waals surface area contributed by atoms with E-state index in [0.717, 1.165) is 5.56 Å². The van der Waals surface area contributed by atoms with Gasteiger partial charge in [0.15, 0.2) is 11.5 Å². The molecule has 0 saturated carbocycles. The minimum absolute atomic E-state index is 0.195. The quantitative estimate of drug-likeness (QED) is 0.482. The zero-order chi connectivity index (χ0) is 23.9. The van der Waals surface area contributed by atoms with E-state index >= 15 is 0 Å². The maximum atomic E-state index is 13.2. The molecule has 1 atom stereocenters. The molecule has 3 aromatic carbocycles. The molecule has 0 fully saturated rings. The molecule has 34 heavy (non-hydrogen) atoms. The van der Waals surface area contributed by atoms with Crippen LogP contribution in [-0.2, 0) is 16.1 Å². The molecule has 7 heteroatoms. The number of benzene rings is 3. The molecule has 0 spiro atoms. The van der Waals surface area contributed by atoms with Crippen LogP contribution in [0.4, 0.5) is 4.79 Å². The summed E-state index contributed by atoms with van der Waals surface area (Å²) in [5.74, 6) is 0.400. The zero-order valence-corrected chi connectivity index (χ0v) is 19.0. The molecule has 174 valence electrons. The third kappa shape index (κ3) is 4.88. The highest BCUT2D eigenvalue weighted by atomic mass is 16.5. The van der Waals surface area contributed by atoms with E-state index in [9.17, 15) is 9.59 Å². The van der Waals surface area contributed by atoms with Crippen LogP contribution in [-0.4, -0.2) is 25.7 Å². The van der Waals surface area contributed by atoms with Gasteiger partial charge in [-0.25, -0.2) is 9.59 Å².